The second-order valence-corrected chi connectivity index (χ2v) is 4.92. The lowest BCUT2D eigenvalue weighted by atomic mass is 10.0. The first-order valence-electron chi connectivity index (χ1n) is 5.79. The van der Waals surface area contributed by atoms with E-state index in [1.165, 1.54) is 11.3 Å². The van der Waals surface area contributed by atoms with Crippen LogP contribution in [0.1, 0.15) is 29.6 Å². The zero-order chi connectivity index (χ0) is 12.3. The number of piperidine rings is 1. The predicted octanol–water partition coefficient (Wildman–Crippen LogP) is 1.49. The van der Waals surface area contributed by atoms with Gasteiger partial charge in [-0.25, -0.2) is 0 Å². The fourth-order valence-corrected chi connectivity index (χ4v) is 2.80. The van der Waals surface area contributed by atoms with E-state index in [1.807, 2.05) is 16.8 Å². The highest BCUT2D eigenvalue weighted by Crippen LogP contribution is 2.20. The molecule has 5 heteroatoms. The smallest absolute Gasteiger partial charge is 0.255 e. The minimum Gasteiger partial charge on any atom is -0.357 e. The van der Waals surface area contributed by atoms with Gasteiger partial charge in [0.15, 0.2) is 0 Å². The van der Waals surface area contributed by atoms with Crippen LogP contribution in [0.15, 0.2) is 16.8 Å². The molecule has 1 fully saturated rings. The Kier molecular flexibility index (Phi) is 3.78. The molecule has 1 unspecified atom stereocenters. The quantitative estimate of drug-likeness (QED) is 0.867. The molecule has 1 aliphatic heterocycles. The van der Waals surface area contributed by atoms with Crippen molar-refractivity contribution in [2.24, 2.45) is 0 Å². The summed E-state index contributed by atoms with van der Waals surface area (Å²) in [5.41, 5.74) is 0.686. The van der Waals surface area contributed by atoms with E-state index >= 15 is 0 Å². The summed E-state index contributed by atoms with van der Waals surface area (Å²) in [6.45, 7) is 0.673. The molecule has 92 valence electrons. The lowest BCUT2D eigenvalue weighted by Gasteiger charge is -2.34. The molecule has 2 amide bonds. The van der Waals surface area contributed by atoms with Crippen molar-refractivity contribution in [3.05, 3.63) is 22.4 Å². The fourth-order valence-electron chi connectivity index (χ4n) is 2.17. The third-order valence-corrected chi connectivity index (χ3v) is 3.76. The van der Waals surface area contributed by atoms with Gasteiger partial charge < -0.3 is 10.2 Å². The van der Waals surface area contributed by atoms with Crippen molar-refractivity contribution in [3.63, 3.8) is 0 Å². The number of thiophene rings is 1. The van der Waals surface area contributed by atoms with Crippen LogP contribution < -0.4 is 5.32 Å². The average molecular weight is 252 g/mol. The number of amides is 2. The molecule has 0 spiro atoms. The molecule has 17 heavy (non-hydrogen) atoms. The van der Waals surface area contributed by atoms with E-state index in [2.05, 4.69) is 5.32 Å². The van der Waals surface area contributed by atoms with E-state index in [1.54, 1.807) is 11.9 Å². The maximum atomic E-state index is 12.2. The number of carbonyl (C=O) groups is 2. The standard InChI is InChI=1S/C12H16N2O2S/c1-13-11(15)10-4-2-3-6-14(10)12(16)9-5-7-17-8-9/h5,7-8,10H,2-4,6H2,1H3,(H,13,15). The van der Waals surface area contributed by atoms with Crippen LogP contribution >= 0.6 is 11.3 Å². The molecule has 1 aromatic rings. The van der Waals surface area contributed by atoms with Crippen molar-refractivity contribution >= 4 is 23.2 Å². The minimum atomic E-state index is -0.304. The Morgan fingerprint density at radius 1 is 1.47 bits per heavy atom. The molecule has 1 N–H and O–H groups in total. The van der Waals surface area contributed by atoms with Gasteiger partial charge in [0, 0.05) is 19.0 Å². The van der Waals surface area contributed by atoms with E-state index in [0.717, 1.165) is 19.3 Å². The second kappa shape index (κ2) is 5.31. The minimum absolute atomic E-state index is 0.0282. The average Bonchev–Trinajstić information content (AvgIpc) is 2.91. The Balaban J connectivity index is 2.16. The predicted molar refractivity (Wildman–Crippen MR) is 67.1 cm³/mol. The number of likely N-dealkylation sites (N-methyl/N-ethyl adjacent to an activating group) is 1. The normalized spacial score (nSPS) is 20.1. The molecule has 4 nitrogen and oxygen atoms in total. The van der Waals surface area contributed by atoms with Gasteiger partial charge in [-0.2, -0.15) is 11.3 Å². The zero-order valence-electron chi connectivity index (χ0n) is 9.81. The van der Waals surface area contributed by atoms with Gasteiger partial charge in [-0.15, -0.1) is 0 Å². The van der Waals surface area contributed by atoms with Gasteiger partial charge in [0.25, 0.3) is 5.91 Å². The Hall–Kier alpha value is -1.36. The lowest BCUT2D eigenvalue weighted by Crippen LogP contribution is -2.51. The first kappa shape index (κ1) is 12.1. The van der Waals surface area contributed by atoms with Crippen LogP contribution in [-0.4, -0.2) is 36.3 Å². The second-order valence-electron chi connectivity index (χ2n) is 4.14. The summed E-state index contributed by atoms with van der Waals surface area (Å²) in [7, 11) is 1.62. The van der Waals surface area contributed by atoms with Crippen LogP contribution in [0.4, 0.5) is 0 Å². The summed E-state index contributed by atoms with van der Waals surface area (Å²) in [6, 6.07) is 1.50. The molecule has 0 aromatic carbocycles. The highest BCUT2D eigenvalue weighted by Gasteiger charge is 2.31. The summed E-state index contributed by atoms with van der Waals surface area (Å²) in [5.74, 6) is -0.0900. The monoisotopic (exact) mass is 252 g/mol. The van der Waals surface area contributed by atoms with Gasteiger partial charge in [-0.3, -0.25) is 9.59 Å². The number of rotatable bonds is 2. The number of carbonyl (C=O) groups excluding carboxylic acids is 2. The highest BCUT2D eigenvalue weighted by atomic mass is 32.1. The zero-order valence-corrected chi connectivity index (χ0v) is 10.6. The van der Waals surface area contributed by atoms with E-state index < -0.39 is 0 Å². The third-order valence-electron chi connectivity index (χ3n) is 3.08. The van der Waals surface area contributed by atoms with Gasteiger partial charge in [0.2, 0.25) is 5.91 Å². The molecule has 2 heterocycles. The van der Waals surface area contributed by atoms with Crippen LogP contribution in [0.2, 0.25) is 0 Å². The van der Waals surface area contributed by atoms with Gasteiger partial charge in [-0.05, 0) is 30.7 Å². The van der Waals surface area contributed by atoms with Crippen molar-refractivity contribution in [1.29, 1.82) is 0 Å². The molecule has 0 aliphatic carbocycles. The number of nitrogens with zero attached hydrogens (tertiary/aromatic N) is 1. The molecule has 1 aromatic heterocycles. The van der Waals surface area contributed by atoms with Crippen LogP contribution in [0, 0.1) is 0 Å². The number of likely N-dealkylation sites (tertiary alicyclic amines) is 1. The Morgan fingerprint density at radius 3 is 2.94 bits per heavy atom. The Bertz CT molecular complexity index is 403. The molecular formula is C12H16N2O2S. The van der Waals surface area contributed by atoms with Crippen LogP contribution in [-0.2, 0) is 4.79 Å². The molecular weight excluding hydrogens is 236 g/mol. The third kappa shape index (κ3) is 2.49. The van der Waals surface area contributed by atoms with E-state index in [9.17, 15) is 9.59 Å². The van der Waals surface area contributed by atoms with Gasteiger partial charge in [0.05, 0.1) is 5.56 Å². The van der Waals surface area contributed by atoms with Crippen LogP contribution in [0.25, 0.3) is 0 Å². The molecule has 0 radical (unpaired) electrons. The Morgan fingerprint density at radius 2 is 2.29 bits per heavy atom. The van der Waals surface area contributed by atoms with Crippen LogP contribution in [0.5, 0.6) is 0 Å². The van der Waals surface area contributed by atoms with Crippen molar-refractivity contribution in [2.45, 2.75) is 25.3 Å². The summed E-state index contributed by atoms with van der Waals surface area (Å²) >= 11 is 1.50. The molecule has 1 saturated heterocycles. The number of hydrogen-bond acceptors (Lipinski definition) is 3. The van der Waals surface area contributed by atoms with Crippen molar-refractivity contribution in [2.75, 3.05) is 13.6 Å². The molecule has 2 rings (SSSR count). The summed E-state index contributed by atoms with van der Waals surface area (Å²) in [4.78, 5) is 25.7. The van der Waals surface area contributed by atoms with E-state index in [4.69, 9.17) is 0 Å². The summed E-state index contributed by atoms with van der Waals surface area (Å²) in [6.07, 6.45) is 2.74. The summed E-state index contributed by atoms with van der Waals surface area (Å²) in [5, 5.41) is 6.35. The molecule has 1 aliphatic rings. The highest BCUT2D eigenvalue weighted by molar-refractivity contribution is 7.08. The van der Waals surface area contributed by atoms with Gasteiger partial charge in [0.1, 0.15) is 6.04 Å². The maximum Gasteiger partial charge on any atom is 0.255 e. The van der Waals surface area contributed by atoms with Crippen molar-refractivity contribution in [3.8, 4) is 0 Å². The van der Waals surface area contributed by atoms with Gasteiger partial charge in [-0.1, -0.05) is 0 Å². The number of nitrogens with one attached hydrogen (secondary N) is 1. The molecule has 0 bridgehead atoms. The molecule has 0 saturated carbocycles. The first-order chi connectivity index (χ1) is 8.24. The number of hydrogen-bond donors (Lipinski definition) is 1. The lowest BCUT2D eigenvalue weighted by molar-refractivity contribution is -0.126. The summed E-state index contributed by atoms with van der Waals surface area (Å²) < 4.78 is 0. The van der Waals surface area contributed by atoms with Crippen molar-refractivity contribution in [1.82, 2.24) is 10.2 Å². The Labute approximate surface area is 105 Å². The molecule has 1 atom stereocenters. The first-order valence-corrected chi connectivity index (χ1v) is 6.73. The largest absolute Gasteiger partial charge is 0.357 e. The van der Waals surface area contributed by atoms with Gasteiger partial charge >= 0.3 is 0 Å². The SMILES string of the molecule is CNC(=O)C1CCCCN1C(=O)c1ccsc1. The topological polar surface area (TPSA) is 49.4 Å². The van der Waals surface area contributed by atoms with Crippen molar-refractivity contribution < 1.29 is 9.59 Å². The fraction of sp³-hybridized carbons (Fsp3) is 0.500. The van der Waals surface area contributed by atoms with Crippen LogP contribution in [0.3, 0.4) is 0 Å². The maximum absolute atomic E-state index is 12.2. The van der Waals surface area contributed by atoms with E-state index in [0.29, 0.717) is 12.1 Å². The van der Waals surface area contributed by atoms with E-state index in [-0.39, 0.29) is 17.9 Å².